The third-order valence-electron chi connectivity index (χ3n) is 7.40. The van der Waals surface area contributed by atoms with Gasteiger partial charge in [-0.1, -0.05) is 41.9 Å². The molecule has 180 valence electrons. The molecule has 1 fully saturated rings. The Hall–Kier alpha value is -2.67. The van der Waals surface area contributed by atoms with E-state index in [1.165, 1.54) is 16.0 Å². The van der Waals surface area contributed by atoms with Crippen LogP contribution in [0.1, 0.15) is 28.8 Å². The van der Waals surface area contributed by atoms with Gasteiger partial charge in [0.15, 0.2) is 0 Å². The normalized spacial score (nSPS) is 17.1. The Kier molecular flexibility index (Phi) is 6.13. The van der Waals surface area contributed by atoms with E-state index in [0.29, 0.717) is 10.9 Å². The monoisotopic (exact) mass is 504 g/mol. The van der Waals surface area contributed by atoms with Crippen molar-refractivity contribution in [1.82, 2.24) is 14.5 Å². The smallest absolute Gasteiger partial charge is 0.268 e. The Balaban J connectivity index is 1.39. The van der Waals surface area contributed by atoms with E-state index in [2.05, 4.69) is 47.2 Å². The molecule has 0 atom stereocenters. The van der Waals surface area contributed by atoms with Gasteiger partial charge in [0.05, 0.1) is 11.1 Å². The summed E-state index contributed by atoms with van der Waals surface area (Å²) in [5.74, 6) is 1.41. The van der Waals surface area contributed by atoms with Crippen LogP contribution < -0.4 is 10.5 Å². The van der Waals surface area contributed by atoms with E-state index >= 15 is 0 Å². The van der Waals surface area contributed by atoms with Crippen molar-refractivity contribution in [3.05, 3.63) is 86.0 Å². The molecular weight excluding hydrogens is 476 g/mol. The highest BCUT2D eigenvalue weighted by atomic mass is 35.5. The van der Waals surface area contributed by atoms with Crippen LogP contribution in [0.25, 0.3) is 15.9 Å². The average molecular weight is 505 g/mol. The number of hydrogen-bond acceptors (Lipinski definition) is 5. The van der Waals surface area contributed by atoms with Gasteiger partial charge in [-0.25, -0.2) is 9.55 Å². The van der Waals surface area contributed by atoms with Crippen molar-refractivity contribution in [2.24, 2.45) is 5.92 Å². The number of halogens is 1. The Labute approximate surface area is 214 Å². The summed E-state index contributed by atoms with van der Waals surface area (Å²) in [7, 11) is 2.14. The van der Waals surface area contributed by atoms with Gasteiger partial charge in [0, 0.05) is 36.1 Å². The van der Waals surface area contributed by atoms with Gasteiger partial charge in [-0.3, -0.25) is 4.79 Å². The minimum atomic E-state index is 0.0424. The minimum Gasteiger partial charge on any atom is -0.342 e. The van der Waals surface area contributed by atoms with Crippen LogP contribution in [0.3, 0.4) is 0 Å². The van der Waals surface area contributed by atoms with Gasteiger partial charge < -0.3 is 9.80 Å². The molecule has 0 bridgehead atoms. The fourth-order valence-corrected chi connectivity index (χ4v) is 6.89. The molecule has 2 aliphatic heterocycles. The highest BCUT2D eigenvalue weighted by Gasteiger charge is 2.28. The third kappa shape index (κ3) is 4.39. The maximum atomic E-state index is 14.1. The number of rotatable bonds is 4. The minimum absolute atomic E-state index is 0.0424. The molecule has 1 saturated heterocycles. The van der Waals surface area contributed by atoms with Crippen molar-refractivity contribution in [3.8, 4) is 5.69 Å². The van der Waals surface area contributed by atoms with Gasteiger partial charge in [-0.15, -0.1) is 11.3 Å². The quantitative estimate of drug-likeness (QED) is 0.365. The lowest BCUT2D eigenvalue weighted by atomic mass is 9.90. The molecule has 0 radical (unpaired) electrons. The summed E-state index contributed by atoms with van der Waals surface area (Å²) >= 11 is 7.87. The number of thiophene rings is 1. The largest absolute Gasteiger partial charge is 0.342 e. The number of anilines is 1. The zero-order valence-electron chi connectivity index (χ0n) is 19.9. The summed E-state index contributed by atoms with van der Waals surface area (Å²) in [6.45, 7) is 3.65. The Morgan fingerprint density at radius 3 is 2.51 bits per heavy atom. The SMILES string of the molecule is CN1CCc2c(sc3nc(N4CCC(Cc5ccccc5)CC4)n(-c4ccc(Cl)cc4)c(=O)c23)C1. The first-order valence-corrected chi connectivity index (χ1v) is 13.6. The second-order valence-electron chi connectivity index (χ2n) is 9.82. The molecule has 7 heteroatoms. The van der Waals surface area contributed by atoms with Crippen LogP contribution in [0.5, 0.6) is 0 Å². The first-order valence-electron chi connectivity index (χ1n) is 12.4. The van der Waals surface area contributed by atoms with Crippen molar-refractivity contribution in [1.29, 1.82) is 0 Å². The number of hydrogen-bond donors (Lipinski definition) is 0. The number of piperidine rings is 1. The van der Waals surface area contributed by atoms with Gasteiger partial charge in [-0.2, -0.15) is 0 Å². The van der Waals surface area contributed by atoms with Crippen molar-refractivity contribution >= 4 is 39.1 Å². The van der Waals surface area contributed by atoms with Gasteiger partial charge in [0.1, 0.15) is 4.83 Å². The lowest BCUT2D eigenvalue weighted by molar-refractivity contribution is 0.318. The van der Waals surface area contributed by atoms with Crippen molar-refractivity contribution in [2.75, 3.05) is 31.6 Å². The van der Waals surface area contributed by atoms with E-state index in [0.717, 1.165) is 73.7 Å². The van der Waals surface area contributed by atoms with Crippen LogP contribution in [0.2, 0.25) is 5.02 Å². The molecule has 6 rings (SSSR count). The zero-order valence-corrected chi connectivity index (χ0v) is 21.5. The number of benzene rings is 2. The van der Waals surface area contributed by atoms with E-state index in [1.54, 1.807) is 11.3 Å². The first-order chi connectivity index (χ1) is 17.1. The lowest BCUT2D eigenvalue weighted by Gasteiger charge is -2.34. The van der Waals surface area contributed by atoms with Crippen molar-refractivity contribution in [3.63, 3.8) is 0 Å². The Morgan fingerprint density at radius 1 is 1.03 bits per heavy atom. The number of fused-ring (bicyclic) bond motifs is 3. The van der Waals surface area contributed by atoms with Crippen LogP contribution in [-0.4, -0.2) is 41.1 Å². The van der Waals surface area contributed by atoms with E-state index in [9.17, 15) is 4.79 Å². The standard InChI is InChI=1S/C28H29ClN4OS/c1-31-14-13-23-24(18-31)35-26-25(23)27(34)33(22-9-7-21(29)8-10-22)28(30-26)32-15-11-20(12-16-32)17-19-5-3-2-4-6-19/h2-10,20H,11-18H2,1H3. The summed E-state index contributed by atoms with van der Waals surface area (Å²) in [6, 6.07) is 18.3. The fraction of sp³-hybridized carbons (Fsp3) is 0.357. The van der Waals surface area contributed by atoms with E-state index in [-0.39, 0.29) is 5.56 Å². The second-order valence-corrected chi connectivity index (χ2v) is 11.3. The van der Waals surface area contributed by atoms with Crippen LogP contribution in [0.4, 0.5) is 5.95 Å². The van der Waals surface area contributed by atoms with Gasteiger partial charge in [0.25, 0.3) is 5.56 Å². The third-order valence-corrected chi connectivity index (χ3v) is 8.76. The molecule has 4 heterocycles. The predicted molar refractivity (Wildman–Crippen MR) is 145 cm³/mol. The predicted octanol–water partition coefficient (Wildman–Crippen LogP) is 5.55. The highest BCUT2D eigenvalue weighted by Crippen LogP contribution is 2.35. The Morgan fingerprint density at radius 2 is 1.77 bits per heavy atom. The van der Waals surface area contributed by atoms with E-state index in [1.807, 2.05) is 28.8 Å². The van der Waals surface area contributed by atoms with Crippen LogP contribution in [0.15, 0.2) is 59.4 Å². The first kappa shape index (κ1) is 22.8. The van der Waals surface area contributed by atoms with Gasteiger partial charge in [-0.05, 0) is 74.0 Å². The summed E-state index contributed by atoms with van der Waals surface area (Å²) in [6.07, 6.45) is 4.19. The molecule has 2 aromatic heterocycles. The molecule has 0 aliphatic carbocycles. The summed E-state index contributed by atoms with van der Waals surface area (Å²) in [4.78, 5) is 26.0. The molecule has 0 amide bonds. The number of aromatic nitrogens is 2. The molecule has 35 heavy (non-hydrogen) atoms. The summed E-state index contributed by atoms with van der Waals surface area (Å²) in [5, 5.41) is 1.46. The maximum absolute atomic E-state index is 14.1. The zero-order chi connectivity index (χ0) is 23.9. The maximum Gasteiger partial charge on any atom is 0.268 e. The molecule has 0 saturated carbocycles. The second kappa shape index (κ2) is 9.41. The molecule has 0 spiro atoms. The molecule has 4 aromatic rings. The number of nitrogens with zero attached hydrogens (tertiary/aromatic N) is 4. The Bertz CT molecular complexity index is 1410. The van der Waals surface area contributed by atoms with Crippen LogP contribution in [0, 0.1) is 5.92 Å². The topological polar surface area (TPSA) is 41.4 Å². The molecule has 5 nitrogen and oxygen atoms in total. The highest BCUT2D eigenvalue weighted by molar-refractivity contribution is 7.18. The summed E-state index contributed by atoms with van der Waals surface area (Å²) in [5.41, 5.74) is 3.46. The van der Waals surface area contributed by atoms with Crippen LogP contribution >= 0.6 is 22.9 Å². The molecule has 2 aromatic carbocycles. The molecular formula is C28H29ClN4OS. The average Bonchev–Trinajstić information content (AvgIpc) is 3.23. The van der Waals surface area contributed by atoms with Crippen molar-refractivity contribution < 1.29 is 0 Å². The van der Waals surface area contributed by atoms with E-state index < -0.39 is 0 Å². The lowest BCUT2D eigenvalue weighted by Crippen LogP contribution is -2.39. The van der Waals surface area contributed by atoms with Crippen molar-refractivity contribution in [2.45, 2.75) is 32.2 Å². The molecule has 2 aliphatic rings. The van der Waals surface area contributed by atoms with Gasteiger partial charge >= 0.3 is 0 Å². The van der Waals surface area contributed by atoms with E-state index in [4.69, 9.17) is 16.6 Å². The molecule has 0 N–H and O–H groups in total. The number of likely N-dealkylation sites (N-methyl/N-ethyl adjacent to an activating group) is 1. The molecule has 0 unspecified atom stereocenters. The van der Waals surface area contributed by atoms with Crippen LogP contribution in [-0.2, 0) is 19.4 Å². The fourth-order valence-electron chi connectivity index (χ4n) is 5.48. The summed E-state index contributed by atoms with van der Waals surface area (Å²) < 4.78 is 1.82. The van der Waals surface area contributed by atoms with Gasteiger partial charge in [0.2, 0.25) is 5.95 Å².